The molecule has 0 unspecified atom stereocenters. The van der Waals surface area contributed by atoms with Crippen molar-refractivity contribution in [3.8, 4) is 5.75 Å². The van der Waals surface area contributed by atoms with Gasteiger partial charge >= 0.3 is 29.6 Å². The van der Waals surface area contributed by atoms with Gasteiger partial charge in [-0.3, -0.25) is 0 Å². The van der Waals surface area contributed by atoms with Gasteiger partial charge in [-0.05, 0) is 24.1 Å². The van der Waals surface area contributed by atoms with Crippen LogP contribution in [0.1, 0.15) is 5.56 Å². The van der Waals surface area contributed by atoms with Crippen molar-refractivity contribution >= 4 is 0 Å². The van der Waals surface area contributed by atoms with Crippen LogP contribution in [-0.4, -0.2) is 0 Å². The number of para-hydroxylation sites is 1. The summed E-state index contributed by atoms with van der Waals surface area (Å²) in [6.45, 7) is 0. The van der Waals surface area contributed by atoms with Crippen molar-refractivity contribution in [3.05, 3.63) is 52.3 Å². The summed E-state index contributed by atoms with van der Waals surface area (Å²) in [6, 6.07) is 8.08. The Morgan fingerprint density at radius 3 is 2.64 bits per heavy atom. The van der Waals surface area contributed by atoms with E-state index in [2.05, 4.69) is 6.07 Å². The molecule has 0 radical (unpaired) electrons. The maximum atomic E-state index is 8.00. The standard InChI is InChI=1S/C9H8O.HNO2.Na/c1-2-6-9-8(4-1)5-3-7-10-9;2-1-3;/h1-4,6-7H,5H2;(H,2,3);/q;;+1/p-1. The van der Waals surface area contributed by atoms with E-state index in [1.807, 2.05) is 24.3 Å². The van der Waals surface area contributed by atoms with Crippen LogP contribution in [0, 0.1) is 10.1 Å². The van der Waals surface area contributed by atoms with Gasteiger partial charge in [0.25, 0.3) is 0 Å². The van der Waals surface area contributed by atoms with Crippen LogP contribution in [0.2, 0.25) is 0 Å². The first-order valence-electron chi connectivity index (χ1n) is 3.73. The number of hydrogen-bond acceptors (Lipinski definition) is 4. The molecule has 0 aromatic heterocycles. The second kappa shape index (κ2) is 7.55. The Hall–Kier alpha value is -0.840. The zero-order valence-electron chi connectivity index (χ0n) is 7.84. The van der Waals surface area contributed by atoms with Gasteiger partial charge in [-0.2, -0.15) is 0 Å². The van der Waals surface area contributed by atoms with Crippen LogP contribution < -0.4 is 34.3 Å². The summed E-state index contributed by atoms with van der Waals surface area (Å²) in [6.07, 6.45) is 4.75. The molecule has 0 saturated carbocycles. The molecule has 0 spiro atoms. The number of fused-ring (bicyclic) bond motifs is 1. The molecule has 0 bridgehead atoms. The minimum absolute atomic E-state index is 0. The molecule has 14 heavy (non-hydrogen) atoms. The van der Waals surface area contributed by atoms with Crippen molar-refractivity contribution < 1.29 is 34.3 Å². The summed E-state index contributed by atoms with van der Waals surface area (Å²) in [5.74, 6) is 0.991. The molecular weight excluding hydrogens is 193 g/mol. The zero-order chi connectivity index (χ0) is 9.52. The minimum atomic E-state index is 0. The van der Waals surface area contributed by atoms with Crippen molar-refractivity contribution in [2.45, 2.75) is 6.42 Å². The third-order valence-corrected chi connectivity index (χ3v) is 1.60. The molecule has 0 amide bonds. The largest absolute Gasteiger partial charge is 1.00 e. The molecule has 5 heteroatoms. The summed E-state index contributed by atoms with van der Waals surface area (Å²) in [7, 11) is 0. The molecule has 1 aliphatic rings. The summed E-state index contributed by atoms with van der Waals surface area (Å²) in [5, 5.41) is 9.00. The molecule has 1 aliphatic heterocycles. The van der Waals surface area contributed by atoms with Crippen molar-refractivity contribution in [2.75, 3.05) is 0 Å². The van der Waals surface area contributed by atoms with Gasteiger partial charge in [0, 0.05) is 0 Å². The van der Waals surface area contributed by atoms with Crippen LogP contribution in [-0.2, 0) is 6.42 Å². The SMILES string of the molecule is C1=COc2ccccc2C1.O=N[O-].[Na+]. The van der Waals surface area contributed by atoms with Gasteiger partial charge in [0.05, 0.1) is 6.26 Å². The van der Waals surface area contributed by atoms with Gasteiger partial charge in [-0.25, -0.2) is 0 Å². The Balaban J connectivity index is 0.000000381. The monoisotopic (exact) mass is 201 g/mol. The van der Waals surface area contributed by atoms with Crippen molar-refractivity contribution in [2.24, 2.45) is 5.34 Å². The topological polar surface area (TPSA) is 61.7 Å². The quantitative estimate of drug-likeness (QED) is 0.319. The van der Waals surface area contributed by atoms with E-state index in [1.165, 1.54) is 5.56 Å². The number of hydrogen-bond donors (Lipinski definition) is 0. The number of nitrogens with zero attached hydrogens (tertiary/aromatic N) is 1. The maximum Gasteiger partial charge on any atom is 1.00 e. The third kappa shape index (κ3) is 3.91. The Kier molecular flexibility index (Phi) is 7.10. The second-order valence-corrected chi connectivity index (χ2v) is 2.38. The Labute approximate surface area is 104 Å². The second-order valence-electron chi connectivity index (χ2n) is 2.38. The molecule has 4 nitrogen and oxygen atoms in total. The van der Waals surface area contributed by atoms with E-state index in [9.17, 15) is 0 Å². The predicted octanol–water partition coefficient (Wildman–Crippen LogP) is -0.610. The molecule has 2 rings (SSSR count). The summed E-state index contributed by atoms with van der Waals surface area (Å²) in [5.41, 5.74) is 1.27. The predicted molar refractivity (Wildman–Crippen MR) is 49.1 cm³/mol. The first kappa shape index (κ1) is 13.2. The van der Waals surface area contributed by atoms with Gasteiger partial charge in [-0.15, -0.1) is 5.34 Å². The van der Waals surface area contributed by atoms with Crippen LogP contribution >= 0.6 is 0 Å². The van der Waals surface area contributed by atoms with Crippen LogP contribution in [0.15, 0.2) is 41.9 Å². The van der Waals surface area contributed by atoms with E-state index < -0.39 is 0 Å². The minimum Gasteiger partial charge on any atom is -0.465 e. The summed E-state index contributed by atoms with van der Waals surface area (Å²) < 4.78 is 5.24. The van der Waals surface area contributed by atoms with Crippen LogP contribution in [0.5, 0.6) is 5.75 Å². The molecule has 0 saturated heterocycles. The van der Waals surface area contributed by atoms with Gasteiger partial charge < -0.3 is 14.9 Å². The molecular formula is C9H8NNaO3. The molecule has 0 atom stereocenters. The van der Waals surface area contributed by atoms with E-state index in [0.717, 1.165) is 17.5 Å². The number of ether oxygens (including phenoxy) is 1. The van der Waals surface area contributed by atoms with E-state index in [1.54, 1.807) is 6.26 Å². The van der Waals surface area contributed by atoms with Gasteiger partial charge in [0.1, 0.15) is 5.75 Å². The Bertz CT molecular complexity index is 288. The molecule has 0 N–H and O–H groups in total. The molecule has 68 valence electrons. The first-order chi connectivity index (χ1) is 6.38. The smallest absolute Gasteiger partial charge is 0.465 e. The average molecular weight is 201 g/mol. The van der Waals surface area contributed by atoms with E-state index in [0.29, 0.717) is 0 Å². The van der Waals surface area contributed by atoms with Gasteiger partial charge in [0.15, 0.2) is 0 Å². The van der Waals surface area contributed by atoms with Crippen molar-refractivity contribution in [1.82, 2.24) is 0 Å². The number of allylic oxidation sites excluding steroid dienone is 1. The first-order valence-corrected chi connectivity index (χ1v) is 3.73. The van der Waals surface area contributed by atoms with E-state index >= 15 is 0 Å². The fourth-order valence-electron chi connectivity index (χ4n) is 1.08. The van der Waals surface area contributed by atoms with Gasteiger partial charge in [-0.1, -0.05) is 18.2 Å². The van der Waals surface area contributed by atoms with Crippen LogP contribution in [0.3, 0.4) is 0 Å². The van der Waals surface area contributed by atoms with E-state index in [-0.39, 0.29) is 29.6 Å². The Morgan fingerprint density at radius 1 is 1.36 bits per heavy atom. The normalized spacial score (nSPS) is 10.9. The fourth-order valence-corrected chi connectivity index (χ4v) is 1.08. The van der Waals surface area contributed by atoms with Crippen LogP contribution in [0.25, 0.3) is 0 Å². The van der Waals surface area contributed by atoms with Crippen molar-refractivity contribution in [1.29, 1.82) is 0 Å². The fraction of sp³-hybridized carbons (Fsp3) is 0.111. The average Bonchev–Trinajstić information content (AvgIpc) is 2.19. The molecule has 0 aliphatic carbocycles. The molecule has 1 aromatic carbocycles. The number of benzene rings is 1. The number of rotatable bonds is 0. The summed E-state index contributed by atoms with van der Waals surface area (Å²) >= 11 is 0. The Morgan fingerprint density at radius 2 is 2.00 bits per heavy atom. The van der Waals surface area contributed by atoms with Gasteiger partial charge in [0.2, 0.25) is 0 Å². The van der Waals surface area contributed by atoms with E-state index in [4.69, 9.17) is 14.9 Å². The molecule has 0 fully saturated rings. The zero-order valence-corrected chi connectivity index (χ0v) is 9.84. The molecule has 1 heterocycles. The summed E-state index contributed by atoms with van der Waals surface area (Å²) in [4.78, 5) is 8.00. The third-order valence-electron chi connectivity index (χ3n) is 1.60. The molecule has 1 aromatic rings. The van der Waals surface area contributed by atoms with Crippen molar-refractivity contribution in [3.63, 3.8) is 0 Å². The van der Waals surface area contributed by atoms with Crippen LogP contribution in [0.4, 0.5) is 0 Å². The maximum absolute atomic E-state index is 8.00.